The smallest absolute Gasteiger partial charge is 0.121 e. The first-order valence-corrected chi connectivity index (χ1v) is 28.0. The minimum atomic E-state index is -1.15. The van der Waals surface area contributed by atoms with Crippen LogP contribution in [0.4, 0.5) is 0 Å². The molecule has 1 unspecified atom stereocenters. The first kappa shape index (κ1) is 51.4. The molecule has 402 valence electrons. The molecule has 0 radical (unpaired) electrons. The molecule has 1 atom stereocenters. The van der Waals surface area contributed by atoms with E-state index in [0.29, 0.717) is 0 Å². The van der Waals surface area contributed by atoms with Crippen molar-refractivity contribution in [1.29, 1.82) is 0 Å². The number of phenols is 6. The lowest BCUT2D eigenvalue weighted by atomic mass is 9.60. The van der Waals surface area contributed by atoms with Crippen LogP contribution in [0, 0.1) is 83.1 Å². The first-order chi connectivity index (χ1) is 38.6. The maximum absolute atomic E-state index is 11.9. The number of hydrogen-bond acceptors (Lipinski definition) is 6. The topological polar surface area (TPSA) is 121 Å². The van der Waals surface area contributed by atoms with E-state index in [4.69, 9.17) is 0 Å². The minimum absolute atomic E-state index is 0.196. The Morgan fingerprint density at radius 3 is 0.753 bits per heavy atom. The summed E-state index contributed by atoms with van der Waals surface area (Å²) in [5.74, 6) is 1.33. The van der Waals surface area contributed by atoms with E-state index in [1.54, 1.807) is 0 Å². The lowest BCUT2D eigenvalue weighted by molar-refractivity contribution is 0.465. The summed E-state index contributed by atoms with van der Waals surface area (Å²) in [5.41, 5.74) is 23.6. The number of rotatable bonds is 6. The van der Waals surface area contributed by atoms with Gasteiger partial charge in [-0.05, 0) is 256 Å². The van der Waals surface area contributed by atoms with Crippen LogP contribution in [0.3, 0.4) is 0 Å². The second kappa shape index (κ2) is 17.5. The van der Waals surface area contributed by atoms with Gasteiger partial charge in [0.05, 0.1) is 16.2 Å². The third-order valence-electron chi connectivity index (χ3n) is 19.0. The molecule has 0 aromatic heterocycles. The molecule has 6 nitrogen and oxygen atoms in total. The molecule has 0 fully saturated rings. The van der Waals surface area contributed by atoms with Gasteiger partial charge in [0.1, 0.15) is 34.5 Å². The highest BCUT2D eigenvalue weighted by Crippen LogP contribution is 2.73. The van der Waals surface area contributed by atoms with Gasteiger partial charge in [-0.25, -0.2) is 0 Å². The molecule has 0 saturated carbocycles. The molecule has 0 spiro atoms. The van der Waals surface area contributed by atoms with Gasteiger partial charge in [0.25, 0.3) is 0 Å². The van der Waals surface area contributed by atoms with Crippen LogP contribution in [0.15, 0.2) is 146 Å². The molecule has 81 heavy (non-hydrogen) atoms. The molecule has 0 heterocycles. The fourth-order valence-electron chi connectivity index (χ4n) is 15.5. The number of fused-ring (bicyclic) bond motifs is 12. The Morgan fingerprint density at radius 1 is 0.235 bits per heavy atom. The zero-order valence-corrected chi connectivity index (χ0v) is 48.0. The zero-order chi connectivity index (χ0) is 57.3. The van der Waals surface area contributed by atoms with E-state index in [2.05, 4.69) is 146 Å². The van der Waals surface area contributed by atoms with Crippen molar-refractivity contribution in [2.24, 2.45) is 0 Å². The van der Waals surface area contributed by atoms with Gasteiger partial charge in [-0.2, -0.15) is 0 Å². The number of aromatic hydroxyl groups is 6. The number of hydrogen-bond donors (Lipinski definition) is 6. The van der Waals surface area contributed by atoms with Crippen molar-refractivity contribution in [2.45, 2.75) is 99.3 Å². The predicted molar refractivity (Wildman–Crippen MR) is 325 cm³/mol. The molecule has 3 aliphatic carbocycles. The SMILES string of the molecule is Cc1cc(C2(c3cc(C)c(O)c(C)c3)c3ccccc3-c3c4c(c5c(c32)-c2ccccc2C5(c2cc(C)c(O)c(C)c2)c2cc(C)c(O)c(C)c2)-c2ccccc2C4(c2cc(C)c(O)c(C)c2)c2cc(C)c(O)c(C)c2)c(C)cc1O. The van der Waals surface area contributed by atoms with Gasteiger partial charge in [0.2, 0.25) is 0 Å². The Bertz CT molecular complexity index is 4090. The van der Waals surface area contributed by atoms with Gasteiger partial charge < -0.3 is 30.6 Å². The van der Waals surface area contributed by atoms with Gasteiger partial charge in [-0.1, -0.05) is 140 Å². The van der Waals surface area contributed by atoms with E-state index in [1.165, 1.54) is 0 Å². The fraction of sp³-hybridized carbons (Fsp3) is 0.200. The van der Waals surface area contributed by atoms with Crippen molar-refractivity contribution in [3.63, 3.8) is 0 Å². The van der Waals surface area contributed by atoms with Crippen molar-refractivity contribution in [2.75, 3.05) is 0 Å². The maximum atomic E-state index is 11.9. The van der Waals surface area contributed by atoms with Gasteiger partial charge in [0, 0.05) is 0 Å². The van der Waals surface area contributed by atoms with E-state index in [1.807, 2.05) is 82.2 Å². The highest BCUT2D eigenvalue weighted by atomic mass is 16.3. The van der Waals surface area contributed by atoms with Crippen LogP contribution >= 0.6 is 0 Å². The summed E-state index contributed by atoms with van der Waals surface area (Å²) in [4.78, 5) is 0. The molecule has 10 aromatic carbocycles. The van der Waals surface area contributed by atoms with Crippen LogP contribution in [0.25, 0.3) is 33.4 Å². The molecular weight excluding hydrogens is 997 g/mol. The third-order valence-corrected chi connectivity index (χ3v) is 19.0. The van der Waals surface area contributed by atoms with Crippen molar-refractivity contribution < 1.29 is 30.6 Å². The first-order valence-electron chi connectivity index (χ1n) is 28.0. The molecule has 0 saturated heterocycles. The van der Waals surface area contributed by atoms with E-state index in [9.17, 15) is 30.6 Å². The minimum Gasteiger partial charge on any atom is -0.508 e. The summed E-state index contributed by atoms with van der Waals surface area (Å²) in [6.45, 7) is 23.8. The molecular formula is C75H66O6. The van der Waals surface area contributed by atoms with Crippen LogP contribution in [-0.4, -0.2) is 30.6 Å². The van der Waals surface area contributed by atoms with Crippen molar-refractivity contribution in [1.82, 2.24) is 0 Å². The van der Waals surface area contributed by atoms with Gasteiger partial charge in [-0.15, -0.1) is 0 Å². The summed E-state index contributed by atoms with van der Waals surface area (Å²) in [7, 11) is 0. The summed E-state index contributed by atoms with van der Waals surface area (Å²) in [6, 6.07) is 52.0. The Morgan fingerprint density at radius 2 is 0.469 bits per heavy atom. The predicted octanol–water partition coefficient (Wildman–Crippen LogP) is 16.7. The summed E-state index contributed by atoms with van der Waals surface area (Å²) in [5, 5.41) is 71.0. The Hall–Kier alpha value is -9.00. The average molecular weight is 1060 g/mol. The summed E-state index contributed by atoms with van der Waals surface area (Å²) >= 11 is 0. The van der Waals surface area contributed by atoms with E-state index in [0.717, 1.165) is 167 Å². The quantitative estimate of drug-likeness (QED) is 0.0987. The third kappa shape index (κ3) is 6.50. The van der Waals surface area contributed by atoms with Gasteiger partial charge >= 0.3 is 0 Å². The molecule has 0 amide bonds. The molecule has 3 aliphatic rings. The van der Waals surface area contributed by atoms with Crippen molar-refractivity contribution in [3.05, 3.63) is 279 Å². The van der Waals surface area contributed by atoms with E-state index >= 15 is 0 Å². The Labute approximate surface area is 474 Å². The summed E-state index contributed by atoms with van der Waals surface area (Å²) < 4.78 is 0. The zero-order valence-electron chi connectivity index (χ0n) is 48.0. The Balaban J connectivity index is 1.43. The van der Waals surface area contributed by atoms with Gasteiger partial charge in [-0.3, -0.25) is 0 Å². The Kier molecular flexibility index (Phi) is 11.1. The molecule has 6 N–H and O–H groups in total. The van der Waals surface area contributed by atoms with E-state index in [-0.39, 0.29) is 34.5 Å². The lowest BCUT2D eigenvalue weighted by Crippen LogP contribution is -2.34. The monoisotopic (exact) mass is 1060 g/mol. The highest BCUT2D eigenvalue weighted by Gasteiger charge is 2.61. The number of phenolic OH excluding ortho intramolecular Hbond substituents is 6. The normalized spacial score (nSPS) is 15.7. The van der Waals surface area contributed by atoms with Crippen LogP contribution in [-0.2, 0) is 16.2 Å². The second-order valence-electron chi connectivity index (χ2n) is 23.9. The van der Waals surface area contributed by atoms with Crippen LogP contribution < -0.4 is 0 Å². The largest absolute Gasteiger partial charge is 0.508 e. The lowest BCUT2D eigenvalue weighted by Gasteiger charge is -2.41. The van der Waals surface area contributed by atoms with Gasteiger partial charge in [0.15, 0.2) is 0 Å². The number of benzene rings is 10. The van der Waals surface area contributed by atoms with Crippen molar-refractivity contribution in [3.8, 4) is 67.9 Å². The van der Waals surface area contributed by atoms with Crippen molar-refractivity contribution >= 4 is 0 Å². The van der Waals surface area contributed by atoms with E-state index < -0.39 is 16.2 Å². The average Bonchev–Trinajstić information content (AvgIpc) is 1.55. The maximum Gasteiger partial charge on any atom is 0.121 e. The van der Waals surface area contributed by atoms with Crippen LogP contribution in [0.1, 0.15) is 134 Å². The molecule has 0 bridgehead atoms. The fourth-order valence-corrected chi connectivity index (χ4v) is 15.5. The number of aryl methyl sites for hydroxylation is 12. The summed E-state index contributed by atoms with van der Waals surface area (Å²) in [6.07, 6.45) is 0. The molecule has 6 heteroatoms. The molecule has 0 aliphatic heterocycles. The second-order valence-corrected chi connectivity index (χ2v) is 23.9. The standard InChI is InChI=1S/C75H66O6/c1-37-36-61(76)38(2)35-60(37)75(53-33-47(11)72(81)48(12)34-53)59-24-18-15-21-56(59)64-66-62(54-19-13-16-22-57(54)73(66,49-25-39(3)68(77)40(4)26-49)50-27-41(5)69(78)42(6)28-50)65-63(67(64)75)55-20-14-17-23-58(55)74(65,51-29-43(7)70(79)44(8)30-51)52-31-45(9)71(80)46(10)32-52/h13-36,76-81H,1-12H3. The molecule has 10 aromatic rings. The highest BCUT2D eigenvalue weighted by molar-refractivity contribution is 6.09. The molecule has 13 rings (SSSR count). The van der Waals surface area contributed by atoms with Crippen LogP contribution in [0.2, 0.25) is 0 Å². The van der Waals surface area contributed by atoms with Crippen LogP contribution in [0.5, 0.6) is 34.5 Å².